The second-order valence-electron chi connectivity index (χ2n) is 5.32. The average molecular weight is 266 g/mol. The van der Waals surface area contributed by atoms with E-state index in [1.165, 1.54) is 18.9 Å². The lowest BCUT2D eigenvalue weighted by atomic mass is 10.0. The lowest BCUT2D eigenvalue weighted by Crippen LogP contribution is -2.37. The van der Waals surface area contributed by atoms with Gasteiger partial charge in [0.1, 0.15) is 5.82 Å². The number of aliphatic hydroxyl groups excluding tert-OH is 1. The summed E-state index contributed by atoms with van der Waals surface area (Å²) in [6.45, 7) is 2.41. The Morgan fingerprint density at radius 3 is 2.68 bits per heavy atom. The molecule has 2 rings (SSSR count). The first kappa shape index (κ1) is 14.3. The van der Waals surface area contributed by atoms with Crippen molar-refractivity contribution in [1.82, 2.24) is 0 Å². The summed E-state index contributed by atoms with van der Waals surface area (Å²) in [5, 5.41) is 9.29. The van der Waals surface area contributed by atoms with Crippen LogP contribution in [-0.4, -0.2) is 24.3 Å². The lowest BCUT2D eigenvalue weighted by Gasteiger charge is -2.33. The quantitative estimate of drug-likeness (QED) is 0.861. The molecule has 0 spiro atoms. The maximum atomic E-state index is 14.0. The standard InChI is InChI=1S/C15H23FN2O/c1-11(17)15-13(16)7-4-8-14(15)18(9-10-19)12-5-2-3-6-12/h4,7-8,11-12,19H,2-3,5-6,9-10,17H2,1H3/t11-/m0/s1. The highest BCUT2D eigenvalue weighted by molar-refractivity contribution is 5.56. The summed E-state index contributed by atoms with van der Waals surface area (Å²) in [7, 11) is 0. The highest BCUT2D eigenvalue weighted by Gasteiger charge is 2.26. The molecule has 19 heavy (non-hydrogen) atoms. The number of rotatable bonds is 5. The number of hydrogen-bond donors (Lipinski definition) is 2. The fourth-order valence-electron chi connectivity index (χ4n) is 3.05. The maximum Gasteiger partial charge on any atom is 0.130 e. The van der Waals surface area contributed by atoms with Crippen LogP contribution < -0.4 is 10.6 Å². The zero-order chi connectivity index (χ0) is 13.8. The molecule has 0 radical (unpaired) electrons. The minimum Gasteiger partial charge on any atom is -0.395 e. The van der Waals surface area contributed by atoms with E-state index in [0.29, 0.717) is 18.2 Å². The second-order valence-corrected chi connectivity index (χ2v) is 5.32. The third kappa shape index (κ3) is 3.07. The summed E-state index contributed by atoms with van der Waals surface area (Å²) in [6, 6.07) is 5.13. The van der Waals surface area contributed by atoms with Crippen LogP contribution in [-0.2, 0) is 0 Å². The SMILES string of the molecule is C[C@H](N)c1c(F)cccc1N(CCO)C1CCCC1. The summed E-state index contributed by atoms with van der Waals surface area (Å²) >= 11 is 0. The molecule has 0 unspecified atom stereocenters. The normalized spacial score (nSPS) is 17.7. The van der Waals surface area contributed by atoms with Gasteiger partial charge in [0.25, 0.3) is 0 Å². The summed E-state index contributed by atoms with van der Waals surface area (Å²) in [4.78, 5) is 2.13. The molecule has 1 aromatic rings. The van der Waals surface area contributed by atoms with E-state index in [2.05, 4.69) is 4.90 Å². The van der Waals surface area contributed by atoms with Gasteiger partial charge >= 0.3 is 0 Å². The Morgan fingerprint density at radius 2 is 2.11 bits per heavy atom. The molecule has 0 heterocycles. The van der Waals surface area contributed by atoms with Crippen LogP contribution in [0.5, 0.6) is 0 Å². The first-order chi connectivity index (χ1) is 9.15. The van der Waals surface area contributed by atoms with Crippen LogP contribution in [0, 0.1) is 5.82 Å². The van der Waals surface area contributed by atoms with Crippen LogP contribution in [0.25, 0.3) is 0 Å². The number of anilines is 1. The van der Waals surface area contributed by atoms with Gasteiger partial charge in [-0.1, -0.05) is 18.9 Å². The van der Waals surface area contributed by atoms with Crippen molar-refractivity contribution in [1.29, 1.82) is 0 Å². The number of hydrogen-bond acceptors (Lipinski definition) is 3. The summed E-state index contributed by atoms with van der Waals surface area (Å²) in [5.41, 5.74) is 7.32. The predicted molar refractivity (Wildman–Crippen MR) is 75.7 cm³/mol. The van der Waals surface area contributed by atoms with E-state index in [1.54, 1.807) is 13.0 Å². The Labute approximate surface area is 114 Å². The number of nitrogens with zero attached hydrogens (tertiary/aromatic N) is 1. The van der Waals surface area contributed by atoms with E-state index in [0.717, 1.165) is 18.5 Å². The molecule has 106 valence electrons. The second kappa shape index (κ2) is 6.35. The van der Waals surface area contributed by atoms with Crippen molar-refractivity contribution in [2.45, 2.75) is 44.7 Å². The van der Waals surface area contributed by atoms with Crippen LogP contribution in [0.4, 0.5) is 10.1 Å². The Bertz CT molecular complexity index is 417. The van der Waals surface area contributed by atoms with Gasteiger partial charge in [0.15, 0.2) is 0 Å². The third-order valence-corrected chi connectivity index (χ3v) is 3.90. The number of aliphatic hydroxyl groups is 1. The Hall–Kier alpha value is -1.13. The minimum atomic E-state index is -0.348. The molecule has 1 aliphatic rings. The van der Waals surface area contributed by atoms with Gasteiger partial charge in [-0.2, -0.15) is 0 Å². The fraction of sp³-hybridized carbons (Fsp3) is 0.600. The molecule has 0 aromatic heterocycles. The van der Waals surface area contributed by atoms with Gasteiger partial charge in [-0.15, -0.1) is 0 Å². The topological polar surface area (TPSA) is 49.5 Å². The van der Waals surface area contributed by atoms with Crippen molar-refractivity contribution in [2.24, 2.45) is 5.73 Å². The van der Waals surface area contributed by atoms with Crippen molar-refractivity contribution >= 4 is 5.69 Å². The zero-order valence-electron chi connectivity index (χ0n) is 11.5. The van der Waals surface area contributed by atoms with Gasteiger partial charge in [-0.25, -0.2) is 4.39 Å². The first-order valence-electron chi connectivity index (χ1n) is 7.06. The van der Waals surface area contributed by atoms with Crippen LogP contribution in [0.1, 0.15) is 44.2 Å². The van der Waals surface area contributed by atoms with Crippen molar-refractivity contribution < 1.29 is 9.50 Å². The van der Waals surface area contributed by atoms with E-state index >= 15 is 0 Å². The van der Waals surface area contributed by atoms with Crippen LogP contribution in [0.2, 0.25) is 0 Å². The monoisotopic (exact) mass is 266 g/mol. The molecule has 0 amide bonds. The minimum absolute atomic E-state index is 0.0748. The van der Waals surface area contributed by atoms with Gasteiger partial charge < -0.3 is 15.7 Å². The van der Waals surface area contributed by atoms with E-state index in [-0.39, 0.29) is 18.5 Å². The summed E-state index contributed by atoms with van der Waals surface area (Å²) < 4.78 is 14.0. The number of benzene rings is 1. The largest absolute Gasteiger partial charge is 0.395 e. The average Bonchev–Trinajstić information content (AvgIpc) is 2.88. The zero-order valence-corrected chi connectivity index (χ0v) is 11.5. The summed E-state index contributed by atoms with van der Waals surface area (Å²) in [5.74, 6) is -0.256. The highest BCUT2D eigenvalue weighted by Crippen LogP contribution is 2.33. The Morgan fingerprint density at radius 1 is 1.42 bits per heavy atom. The maximum absolute atomic E-state index is 14.0. The number of halogens is 1. The van der Waals surface area contributed by atoms with Crippen molar-refractivity contribution in [2.75, 3.05) is 18.1 Å². The Balaban J connectivity index is 2.37. The van der Waals surface area contributed by atoms with Gasteiger partial charge in [0, 0.05) is 29.9 Å². The molecule has 1 saturated carbocycles. The van der Waals surface area contributed by atoms with Crippen molar-refractivity contribution in [3.8, 4) is 0 Å². The lowest BCUT2D eigenvalue weighted by molar-refractivity contribution is 0.297. The fourth-order valence-corrected chi connectivity index (χ4v) is 3.05. The van der Waals surface area contributed by atoms with Crippen molar-refractivity contribution in [3.63, 3.8) is 0 Å². The molecular weight excluding hydrogens is 243 g/mol. The molecule has 0 saturated heterocycles. The molecule has 3 N–H and O–H groups in total. The molecule has 4 heteroatoms. The van der Waals surface area contributed by atoms with Crippen LogP contribution in [0.3, 0.4) is 0 Å². The van der Waals surface area contributed by atoms with E-state index < -0.39 is 0 Å². The Kier molecular flexibility index (Phi) is 4.77. The van der Waals surface area contributed by atoms with Gasteiger partial charge in [0.05, 0.1) is 6.61 Å². The van der Waals surface area contributed by atoms with Crippen LogP contribution >= 0.6 is 0 Å². The molecule has 0 bridgehead atoms. The summed E-state index contributed by atoms with van der Waals surface area (Å²) in [6.07, 6.45) is 4.62. The van der Waals surface area contributed by atoms with Gasteiger partial charge in [-0.3, -0.25) is 0 Å². The smallest absolute Gasteiger partial charge is 0.130 e. The predicted octanol–water partition coefficient (Wildman–Crippen LogP) is 2.59. The van der Waals surface area contributed by atoms with Crippen LogP contribution in [0.15, 0.2) is 18.2 Å². The van der Waals surface area contributed by atoms with Crippen molar-refractivity contribution in [3.05, 3.63) is 29.6 Å². The molecular formula is C15H23FN2O. The molecule has 1 aliphatic carbocycles. The van der Waals surface area contributed by atoms with E-state index in [1.807, 2.05) is 6.07 Å². The van der Waals surface area contributed by atoms with E-state index in [9.17, 15) is 9.50 Å². The highest BCUT2D eigenvalue weighted by atomic mass is 19.1. The van der Waals surface area contributed by atoms with Gasteiger partial charge in [-0.05, 0) is 31.9 Å². The first-order valence-corrected chi connectivity index (χ1v) is 7.06. The molecule has 0 aliphatic heterocycles. The molecule has 1 atom stereocenters. The van der Waals surface area contributed by atoms with Gasteiger partial charge in [0.2, 0.25) is 0 Å². The molecule has 3 nitrogen and oxygen atoms in total. The third-order valence-electron chi connectivity index (χ3n) is 3.90. The van der Waals surface area contributed by atoms with E-state index in [4.69, 9.17) is 5.73 Å². The number of nitrogens with two attached hydrogens (primary N) is 1. The molecule has 1 fully saturated rings. The molecule has 1 aromatic carbocycles.